The third-order valence-electron chi connectivity index (χ3n) is 2.90. The fourth-order valence-corrected chi connectivity index (χ4v) is 1.95. The van der Waals surface area contributed by atoms with Gasteiger partial charge >= 0.3 is 0 Å². The second kappa shape index (κ2) is 5.59. The van der Waals surface area contributed by atoms with E-state index < -0.39 is 0 Å². The van der Waals surface area contributed by atoms with E-state index in [0.717, 1.165) is 10.9 Å². The van der Waals surface area contributed by atoms with E-state index in [1.807, 2.05) is 24.4 Å². The van der Waals surface area contributed by atoms with Gasteiger partial charge in [0.2, 0.25) is 5.88 Å². The van der Waals surface area contributed by atoms with Crippen LogP contribution in [0.4, 0.5) is 5.82 Å². The number of H-pyrrole nitrogens is 1. The zero-order chi connectivity index (χ0) is 14.7. The first-order valence-corrected chi connectivity index (χ1v) is 6.16. The lowest BCUT2D eigenvalue weighted by molar-refractivity contribution is 0.112. The number of nitrogens with zero attached hydrogens (tertiary/aromatic N) is 2. The summed E-state index contributed by atoms with van der Waals surface area (Å²) in [4.78, 5) is 27.0. The van der Waals surface area contributed by atoms with Gasteiger partial charge in [-0.25, -0.2) is 15.4 Å². The number of anilines is 1. The van der Waals surface area contributed by atoms with E-state index in [-0.39, 0.29) is 17.3 Å². The molecule has 0 bridgehead atoms. The standard InChI is InChI=1S/C14H12N4O3/c1-20-18-13-11(7-19)14(17-8-16-13)21-10-2-3-12-9(6-10)4-5-15-12/h2-8,15H,1H3,(H,16,17,18). The summed E-state index contributed by atoms with van der Waals surface area (Å²) in [6.45, 7) is 0. The summed E-state index contributed by atoms with van der Waals surface area (Å²) in [7, 11) is 1.43. The number of hydrogen-bond donors (Lipinski definition) is 2. The van der Waals surface area contributed by atoms with Crippen LogP contribution in [0.15, 0.2) is 36.8 Å². The molecule has 1 aromatic carbocycles. The van der Waals surface area contributed by atoms with Crippen LogP contribution in [0.3, 0.4) is 0 Å². The maximum Gasteiger partial charge on any atom is 0.235 e. The summed E-state index contributed by atoms with van der Waals surface area (Å²) in [6, 6.07) is 7.46. The normalized spacial score (nSPS) is 10.5. The van der Waals surface area contributed by atoms with Crippen LogP contribution in [-0.4, -0.2) is 28.3 Å². The molecule has 2 N–H and O–H groups in total. The van der Waals surface area contributed by atoms with Crippen molar-refractivity contribution in [2.24, 2.45) is 0 Å². The summed E-state index contributed by atoms with van der Waals surface area (Å²) in [6.07, 6.45) is 3.75. The number of aromatic nitrogens is 3. The third-order valence-corrected chi connectivity index (χ3v) is 2.90. The van der Waals surface area contributed by atoms with Gasteiger partial charge in [-0.05, 0) is 24.3 Å². The number of aromatic amines is 1. The number of nitrogens with one attached hydrogen (secondary N) is 2. The highest BCUT2D eigenvalue weighted by molar-refractivity contribution is 5.85. The Hall–Kier alpha value is -2.93. The van der Waals surface area contributed by atoms with Crippen LogP contribution in [0.2, 0.25) is 0 Å². The molecular weight excluding hydrogens is 272 g/mol. The monoisotopic (exact) mass is 284 g/mol. The second-order valence-corrected chi connectivity index (χ2v) is 4.19. The van der Waals surface area contributed by atoms with Gasteiger partial charge in [0, 0.05) is 17.1 Å². The van der Waals surface area contributed by atoms with Gasteiger partial charge in [-0.3, -0.25) is 9.63 Å². The molecule has 3 rings (SSSR count). The van der Waals surface area contributed by atoms with Gasteiger partial charge in [0.1, 0.15) is 17.6 Å². The van der Waals surface area contributed by atoms with Crippen molar-refractivity contribution < 1.29 is 14.4 Å². The van der Waals surface area contributed by atoms with Gasteiger partial charge in [0.15, 0.2) is 12.1 Å². The van der Waals surface area contributed by atoms with E-state index in [2.05, 4.69) is 20.4 Å². The Labute approximate surface area is 119 Å². The highest BCUT2D eigenvalue weighted by atomic mass is 16.6. The van der Waals surface area contributed by atoms with Crippen molar-refractivity contribution in [3.8, 4) is 11.6 Å². The first-order chi connectivity index (χ1) is 10.3. The van der Waals surface area contributed by atoms with Crippen molar-refractivity contribution in [2.75, 3.05) is 12.6 Å². The van der Waals surface area contributed by atoms with E-state index >= 15 is 0 Å². The number of fused-ring (bicyclic) bond motifs is 1. The van der Waals surface area contributed by atoms with Crippen molar-refractivity contribution in [1.29, 1.82) is 0 Å². The van der Waals surface area contributed by atoms with Gasteiger partial charge in [-0.2, -0.15) is 0 Å². The van der Waals surface area contributed by atoms with E-state index in [0.29, 0.717) is 12.0 Å². The van der Waals surface area contributed by atoms with Crippen LogP contribution in [0.25, 0.3) is 10.9 Å². The SMILES string of the molecule is CONc1ncnc(Oc2ccc3[nH]ccc3c2)c1C=O. The van der Waals surface area contributed by atoms with Crippen molar-refractivity contribution in [1.82, 2.24) is 15.0 Å². The highest BCUT2D eigenvalue weighted by Crippen LogP contribution is 2.27. The summed E-state index contributed by atoms with van der Waals surface area (Å²) in [5.41, 5.74) is 3.70. The predicted molar refractivity (Wildman–Crippen MR) is 76.4 cm³/mol. The molecule has 3 aromatic rings. The van der Waals surface area contributed by atoms with E-state index in [1.165, 1.54) is 13.4 Å². The number of hydrogen-bond acceptors (Lipinski definition) is 6. The molecule has 0 fully saturated rings. The molecule has 0 radical (unpaired) electrons. The first-order valence-electron chi connectivity index (χ1n) is 6.16. The lowest BCUT2D eigenvalue weighted by Crippen LogP contribution is -2.05. The zero-order valence-corrected chi connectivity index (χ0v) is 11.2. The van der Waals surface area contributed by atoms with Gasteiger partial charge < -0.3 is 9.72 Å². The first kappa shape index (κ1) is 13.1. The van der Waals surface area contributed by atoms with Crippen LogP contribution in [0.5, 0.6) is 11.6 Å². The fourth-order valence-electron chi connectivity index (χ4n) is 1.95. The van der Waals surface area contributed by atoms with Crippen molar-refractivity contribution >= 4 is 23.0 Å². The Morgan fingerprint density at radius 2 is 2.19 bits per heavy atom. The minimum Gasteiger partial charge on any atom is -0.438 e. The Morgan fingerprint density at radius 1 is 1.29 bits per heavy atom. The molecule has 0 amide bonds. The molecule has 21 heavy (non-hydrogen) atoms. The molecule has 0 aliphatic carbocycles. The quantitative estimate of drug-likeness (QED) is 0.553. The Balaban J connectivity index is 1.96. The van der Waals surface area contributed by atoms with Gasteiger partial charge in [-0.15, -0.1) is 0 Å². The average Bonchev–Trinajstić information content (AvgIpc) is 2.95. The number of ether oxygens (including phenoxy) is 1. The molecule has 0 aliphatic rings. The van der Waals surface area contributed by atoms with Gasteiger partial charge in [0.25, 0.3) is 0 Å². The molecule has 7 nitrogen and oxygen atoms in total. The van der Waals surface area contributed by atoms with E-state index in [9.17, 15) is 4.79 Å². The number of rotatable bonds is 5. The van der Waals surface area contributed by atoms with Crippen LogP contribution in [0, 0.1) is 0 Å². The summed E-state index contributed by atoms with van der Waals surface area (Å²) in [5, 5.41) is 1.00. The number of carbonyl (C=O) groups excluding carboxylic acids is 1. The smallest absolute Gasteiger partial charge is 0.235 e. The highest BCUT2D eigenvalue weighted by Gasteiger charge is 2.13. The maximum atomic E-state index is 11.2. The second-order valence-electron chi connectivity index (χ2n) is 4.19. The van der Waals surface area contributed by atoms with Crippen molar-refractivity contribution in [3.63, 3.8) is 0 Å². The molecule has 0 saturated heterocycles. The summed E-state index contributed by atoms with van der Waals surface area (Å²) < 4.78 is 5.67. The molecule has 7 heteroatoms. The van der Waals surface area contributed by atoms with Crippen molar-refractivity contribution in [3.05, 3.63) is 42.4 Å². The minimum absolute atomic E-state index is 0.162. The third kappa shape index (κ3) is 2.54. The average molecular weight is 284 g/mol. The lowest BCUT2D eigenvalue weighted by Gasteiger charge is -2.10. The topological polar surface area (TPSA) is 89.1 Å². The largest absolute Gasteiger partial charge is 0.438 e. The molecule has 0 atom stereocenters. The molecule has 2 heterocycles. The molecule has 0 aliphatic heterocycles. The Kier molecular flexibility index (Phi) is 3.48. The molecule has 2 aromatic heterocycles. The lowest BCUT2D eigenvalue weighted by atomic mass is 10.2. The number of aldehydes is 1. The Bertz CT molecular complexity index is 785. The summed E-state index contributed by atoms with van der Waals surface area (Å²) in [5.74, 6) is 0.988. The maximum absolute atomic E-state index is 11.2. The molecule has 0 spiro atoms. The van der Waals surface area contributed by atoms with Crippen LogP contribution < -0.4 is 10.2 Å². The molecule has 106 valence electrons. The summed E-state index contributed by atoms with van der Waals surface area (Å²) >= 11 is 0. The molecule has 0 saturated carbocycles. The van der Waals surface area contributed by atoms with Gasteiger partial charge in [0.05, 0.1) is 7.11 Å². The Morgan fingerprint density at radius 3 is 3.00 bits per heavy atom. The van der Waals surface area contributed by atoms with Crippen LogP contribution in [0.1, 0.15) is 10.4 Å². The van der Waals surface area contributed by atoms with Crippen molar-refractivity contribution in [2.45, 2.75) is 0 Å². The van der Waals surface area contributed by atoms with Gasteiger partial charge in [-0.1, -0.05) is 0 Å². The molecular formula is C14H12N4O3. The minimum atomic E-state index is 0.162. The fraction of sp³-hybridized carbons (Fsp3) is 0.0714. The van der Waals surface area contributed by atoms with E-state index in [4.69, 9.17) is 9.57 Å². The van der Waals surface area contributed by atoms with Crippen LogP contribution in [-0.2, 0) is 4.84 Å². The zero-order valence-electron chi connectivity index (χ0n) is 11.2. The van der Waals surface area contributed by atoms with E-state index in [1.54, 1.807) is 6.07 Å². The van der Waals surface area contributed by atoms with Crippen LogP contribution >= 0.6 is 0 Å². The predicted octanol–water partition coefficient (Wildman–Crippen LogP) is 2.54. The number of benzene rings is 1. The molecule has 0 unspecified atom stereocenters. The number of carbonyl (C=O) groups is 1.